The highest BCUT2D eigenvalue weighted by atomic mass is 35.5. The van der Waals surface area contributed by atoms with Gasteiger partial charge in [0.05, 0.1) is 5.75 Å². The van der Waals surface area contributed by atoms with E-state index in [1.807, 2.05) is 44.2 Å². The molecule has 0 bridgehead atoms. The molecule has 1 N–H and O–H groups in total. The van der Waals surface area contributed by atoms with Gasteiger partial charge in [-0.1, -0.05) is 95.8 Å². The van der Waals surface area contributed by atoms with Crippen LogP contribution in [0, 0.1) is 13.8 Å². The van der Waals surface area contributed by atoms with Crippen LogP contribution in [0.25, 0.3) is 0 Å². The van der Waals surface area contributed by atoms with Crippen LogP contribution in [0.5, 0.6) is 0 Å². The Morgan fingerprint density at radius 2 is 1.55 bits per heavy atom. The zero-order valence-electron chi connectivity index (χ0n) is 22.5. The third-order valence-corrected chi connectivity index (χ3v) is 8.13. The number of nitrogens with zero attached hydrogens (tertiary/aromatic N) is 1. The van der Waals surface area contributed by atoms with Crippen molar-refractivity contribution in [3.63, 3.8) is 0 Å². The minimum absolute atomic E-state index is 0.0134. The molecule has 38 heavy (non-hydrogen) atoms. The number of amides is 2. The number of carbonyl (C=O) groups excluding carboxylic acids is 2. The Morgan fingerprint density at radius 1 is 0.921 bits per heavy atom. The van der Waals surface area contributed by atoms with Crippen molar-refractivity contribution in [1.29, 1.82) is 0 Å². The van der Waals surface area contributed by atoms with E-state index in [0.29, 0.717) is 27.8 Å². The largest absolute Gasteiger partial charge is 0.352 e. The van der Waals surface area contributed by atoms with E-state index in [4.69, 9.17) is 23.2 Å². The highest BCUT2D eigenvalue weighted by molar-refractivity contribution is 7.99. The number of aryl methyl sites for hydroxylation is 2. The number of halogens is 2. The summed E-state index contributed by atoms with van der Waals surface area (Å²) in [6.07, 6.45) is 1.18. The smallest absolute Gasteiger partial charge is 0.243 e. The molecule has 2 atom stereocenters. The van der Waals surface area contributed by atoms with E-state index in [0.717, 1.165) is 12.0 Å². The summed E-state index contributed by atoms with van der Waals surface area (Å²) in [5.41, 5.74) is 5.19. The average Bonchev–Trinajstić information content (AvgIpc) is 2.87. The molecule has 2 amide bonds. The van der Waals surface area contributed by atoms with Gasteiger partial charge in [-0.15, -0.1) is 11.8 Å². The summed E-state index contributed by atoms with van der Waals surface area (Å²) >= 11 is 14.6. The predicted octanol–water partition coefficient (Wildman–Crippen LogP) is 7.40. The Labute approximate surface area is 241 Å². The van der Waals surface area contributed by atoms with Gasteiger partial charge in [0.15, 0.2) is 0 Å². The summed E-state index contributed by atoms with van der Waals surface area (Å²) in [4.78, 5) is 29.1. The summed E-state index contributed by atoms with van der Waals surface area (Å²) in [6.45, 7) is 8.28. The summed E-state index contributed by atoms with van der Waals surface area (Å²) in [5, 5.41) is 4.03. The molecule has 0 aliphatic heterocycles. The van der Waals surface area contributed by atoms with E-state index in [-0.39, 0.29) is 30.2 Å². The van der Waals surface area contributed by atoms with E-state index in [9.17, 15) is 9.59 Å². The highest BCUT2D eigenvalue weighted by Gasteiger charge is 2.31. The maximum Gasteiger partial charge on any atom is 0.243 e. The van der Waals surface area contributed by atoms with Gasteiger partial charge in [-0.3, -0.25) is 9.59 Å². The Morgan fingerprint density at radius 3 is 2.16 bits per heavy atom. The second-order valence-electron chi connectivity index (χ2n) is 9.73. The number of rotatable bonds is 12. The van der Waals surface area contributed by atoms with Crippen molar-refractivity contribution in [3.8, 4) is 0 Å². The lowest BCUT2D eigenvalue weighted by atomic mass is 10.0. The molecule has 3 aromatic rings. The van der Waals surface area contributed by atoms with Crippen LogP contribution in [0.3, 0.4) is 0 Å². The quantitative estimate of drug-likeness (QED) is 0.247. The summed E-state index contributed by atoms with van der Waals surface area (Å²) in [7, 11) is 0. The fourth-order valence-corrected chi connectivity index (χ4v) is 5.70. The van der Waals surface area contributed by atoms with Gasteiger partial charge < -0.3 is 10.2 Å². The van der Waals surface area contributed by atoms with Gasteiger partial charge in [0, 0.05) is 40.4 Å². The average molecular weight is 572 g/mol. The van der Waals surface area contributed by atoms with Crippen molar-refractivity contribution in [1.82, 2.24) is 10.2 Å². The lowest BCUT2D eigenvalue weighted by Gasteiger charge is -2.32. The molecule has 0 aliphatic carbocycles. The van der Waals surface area contributed by atoms with Crippen molar-refractivity contribution in [2.75, 3.05) is 5.75 Å². The van der Waals surface area contributed by atoms with E-state index in [2.05, 4.69) is 37.4 Å². The molecule has 7 heteroatoms. The topological polar surface area (TPSA) is 49.4 Å². The normalized spacial score (nSPS) is 12.6. The van der Waals surface area contributed by atoms with Crippen LogP contribution in [-0.2, 0) is 28.3 Å². The maximum absolute atomic E-state index is 13.8. The van der Waals surface area contributed by atoms with Gasteiger partial charge in [0.1, 0.15) is 6.04 Å². The van der Waals surface area contributed by atoms with Crippen molar-refractivity contribution in [2.45, 2.75) is 64.9 Å². The van der Waals surface area contributed by atoms with Crippen molar-refractivity contribution in [3.05, 3.63) is 105 Å². The van der Waals surface area contributed by atoms with Crippen LogP contribution >= 0.6 is 35.0 Å². The standard InChI is InChI=1S/C31H36Cl2N2O2S/c1-5-23(4)34-31(37)29(17-24-10-7-6-8-11-24)35(18-26-27(32)12-9-13-28(26)33)30(36)20-38-19-25-15-21(2)14-22(3)16-25/h6-16,23,29H,5,17-20H2,1-4H3,(H,34,37). The molecule has 0 fully saturated rings. The van der Waals surface area contributed by atoms with Gasteiger partial charge in [0.2, 0.25) is 11.8 Å². The Hall–Kier alpha value is -2.47. The molecule has 0 spiro atoms. The summed E-state index contributed by atoms with van der Waals surface area (Å²) in [5.74, 6) is 0.628. The van der Waals surface area contributed by atoms with Crippen LogP contribution in [0.15, 0.2) is 66.7 Å². The minimum Gasteiger partial charge on any atom is -0.352 e. The number of benzene rings is 3. The van der Waals surface area contributed by atoms with Crippen molar-refractivity contribution in [2.24, 2.45) is 0 Å². The third kappa shape index (κ3) is 8.79. The third-order valence-electron chi connectivity index (χ3n) is 6.44. The molecule has 2 unspecified atom stereocenters. The lowest BCUT2D eigenvalue weighted by molar-refractivity contribution is -0.139. The van der Waals surface area contributed by atoms with E-state index in [1.165, 1.54) is 16.7 Å². The first-order chi connectivity index (χ1) is 18.2. The molecular formula is C31H36Cl2N2O2S. The monoisotopic (exact) mass is 570 g/mol. The molecule has 0 aromatic heterocycles. The minimum atomic E-state index is -0.715. The first-order valence-corrected chi connectivity index (χ1v) is 14.8. The van der Waals surface area contributed by atoms with E-state index >= 15 is 0 Å². The Balaban J connectivity index is 1.91. The zero-order chi connectivity index (χ0) is 27.7. The first kappa shape index (κ1) is 30.1. The van der Waals surface area contributed by atoms with E-state index < -0.39 is 6.04 Å². The zero-order valence-corrected chi connectivity index (χ0v) is 24.8. The SMILES string of the molecule is CCC(C)NC(=O)C(Cc1ccccc1)N(Cc1c(Cl)cccc1Cl)C(=O)CSCc1cc(C)cc(C)c1. The molecule has 3 rings (SSSR count). The molecule has 0 saturated carbocycles. The summed E-state index contributed by atoms with van der Waals surface area (Å²) < 4.78 is 0. The van der Waals surface area contributed by atoms with Gasteiger partial charge in [-0.05, 0) is 50.5 Å². The number of hydrogen-bond acceptors (Lipinski definition) is 3. The fraction of sp³-hybridized carbons (Fsp3) is 0.355. The highest BCUT2D eigenvalue weighted by Crippen LogP contribution is 2.28. The maximum atomic E-state index is 13.8. The van der Waals surface area contributed by atoms with Crippen LogP contribution < -0.4 is 5.32 Å². The Bertz CT molecular complexity index is 1200. The molecule has 0 radical (unpaired) electrons. The summed E-state index contributed by atoms with van der Waals surface area (Å²) in [6, 6.07) is 20.8. The molecule has 3 aromatic carbocycles. The van der Waals surface area contributed by atoms with E-state index in [1.54, 1.807) is 34.9 Å². The van der Waals surface area contributed by atoms with Crippen LogP contribution in [0.1, 0.15) is 48.1 Å². The van der Waals surface area contributed by atoms with Crippen LogP contribution in [0.4, 0.5) is 0 Å². The molecular weight excluding hydrogens is 535 g/mol. The number of hydrogen-bond donors (Lipinski definition) is 1. The van der Waals surface area contributed by atoms with Crippen LogP contribution in [-0.4, -0.2) is 34.6 Å². The lowest BCUT2D eigenvalue weighted by Crippen LogP contribution is -2.52. The fourth-order valence-electron chi connectivity index (χ4n) is 4.34. The van der Waals surface area contributed by atoms with Crippen molar-refractivity contribution < 1.29 is 9.59 Å². The second kappa shape index (κ2) is 14.6. The van der Waals surface area contributed by atoms with Gasteiger partial charge in [-0.2, -0.15) is 0 Å². The number of nitrogens with one attached hydrogen (secondary N) is 1. The first-order valence-electron chi connectivity index (χ1n) is 12.9. The molecule has 202 valence electrons. The van der Waals surface area contributed by atoms with Gasteiger partial charge >= 0.3 is 0 Å². The predicted molar refractivity (Wildman–Crippen MR) is 161 cm³/mol. The second-order valence-corrected chi connectivity index (χ2v) is 11.5. The molecule has 4 nitrogen and oxygen atoms in total. The number of thioether (sulfide) groups is 1. The van der Waals surface area contributed by atoms with Gasteiger partial charge in [0.25, 0.3) is 0 Å². The molecule has 0 saturated heterocycles. The number of carbonyl (C=O) groups is 2. The molecule has 0 heterocycles. The molecule has 0 aliphatic rings. The Kier molecular flexibility index (Phi) is 11.6. The van der Waals surface area contributed by atoms with Crippen LogP contribution in [0.2, 0.25) is 10.0 Å². The van der Waals surface area contributed by atoms with Crippen molar-refractivity contribution >= 4 is 46.8 Å². The van der Waals surface area contributed by atoms with Gasteiger partial charge in [-0.25, -0.2) is 0 Å².